The number of para-hydroxylation sites is 1. The summed E-state index contributed by atoms with van der Waals surface area (Å²) < 4.78 is 32.4. The van der Waals surface area contributed by atoms with Crippen molar-refractivity contribution < 1.29 is 18.3 Å². The van der Waals surface area contributed by atoms with Gasteiger partial charge in [0.2, 0.25) is 0 Å². The van der Waals surface area contributed by atoms with Gasteiger partial charge in [0.15, 0.2) is 0 Å². The maximum absolute atomic E-state index is 13.6. The lowest BCUT2D eigenvalue weighted by Crippen LogP contribution is -2.17. The van der Waals surface area contributed by atoms with Gasteiger partial charge in [0.1, 0.15) is 28.6 Å². The fourth-order valence-electron chi connectivity index (χ4n) is 1.86. The van der Waals surface area contributed by atoms with E-state index in [1.807, 2.05) is 0 Å². The fourth-order valence-corrected chi connectivity index (χ4v) is 1.86. The molecule has 0 aromatic heterocycles. The summed E-state index contributed by atoms with van der Waals surface area (Å²) in [5.41, 5.74) is 5.44. The van der Waals surface area contributed by atoms with E-state index in [0.717, 1.165) is 12.1 Å². The van der Waals surface area contributed by atoms with Crippen LogP contribution in [0.25, 0.3) is 0 Å². The van der Waals surface area contributed by atoms with Gasteiger partial charge in [0.25, 0.3) is 5.91 Å². The maximum atomic E-state index is 13.6. The molecule has 2 rings (SSSR count). The van der Waals surface area contributed by atoms with Gasteiger partial charge in [-0.1, -0.05) is 12.1 Å². The zero-order valence-electron chi connectivity index (χ0n) is 11.3. The van der Waals surface area contributed by atoms with Crippen molar-refractivity contribution in [2.75, 3.05) is 17.7 Å². The van der Waals surface area contributed by atoms with Crippen LogP contribution >= 0.6 is 0 Å². The van der Waals surface area contributed by atoms with E-state index in [1.165, 1.54) is 12.1 Å². The van der Waals surface area contributed by atoms with Crippen LogP contribution in [0.15, 0.2) is 36.4 Å². The van der Waals surface area contributed by atoms with E-state index in [1.54, 1.807) is 19.1 Å². The van der Waals surface area contributed by atoms with E-state index >= 15 is 0 Å². The molecule has 21 heavy (non-hydrogen) atoms. The summed E-state index contributed by atoms with van der Waals surface area (Å²) in [5, 5.41) is 2.19. The molecule has 0 spiro atoms. The molecule has 0 radical (unpaired) electrons. The van der Waals surface area contributed by atoms with Crippen molar-refractivity contribution in [3.05, 3.63) is 53.6 Å². The number of rotatable bonds is 4. The number of hydrogen-bond donors (Lipinski definition) is 2. The second-order valence-electron chi connectivity index (χ2n) is 4.20. The van der Waals surface area contributed by atoms with Gasteiger partial charge in [-0.2, -0.15) is 0 Å². The van der Waals surface area contributed by atoms with Crippen molar-refractivity contribution >= 4 is 17.3 Å². The lowest BCUT2D eigenvalue weighted by atomic mass is 10.1. The Labute approximate surface area is 120 Å². The number of carbonyl (C=O) groups excluding carboxylic acids is 1. The molecular weight excluding hydrogens is 278 g/mol. The van der Waals surface area contributed by atoms with Crippen LogP contribution in [-0.4, -0.2) is 12.5 Å². The number of nitrogens with two attached hydrogens (primary N) is 1. The summed E-state index contributed by atoms with van der Waals surface area (Å²) >= 11 is 0. The molecule has 3 N–H and O–H groups in total. The first-order valence-electron chi connectivity index (χ1n) is 6.31. The molecule has 0 bridgehead atoms. The topological polar surface area (TPSA) is 64.3 Å². The highest BCUT2D eigenvalue weighted by atomic mass is 19.1. The number of halogens is 2. The molecule has 2 aromatic rings. The third-order valence-corrected chi connectivity index (χ3v) is 2.79. The molecular formula is C15H14F2N2O2. The summed E-state index contributed by atoms with van der Waals surface area (Å²) in [7, 11) is 0. The van der Waals surface area contributed by atoms with Crippen LogP contribution in [0.3, 0.4) is 0 Å². The van der Waals surface area contributed by atoms with Crippen molar-refractivity contribution in [2.45, 2.75) is 6.92 Å². The Morgan fingerprint density at radius 1 is 1.19 bits per heavy atom. The molecule has 110 valence electrons. The largest absolute Gasteiger partial charge is 0.493 e. The van der Waals surface area contributed by atoms with Crippen molar-refractivity contribution in [3.63, 3.8) is 0 Å². The van der Waals surface area contributed by atoms with E-state index in [4.69, 9.17) is 10.5 Å². The predicted molar refractivity (Wildman–Crippen MR) is 76.3 cm³/mol. The second kappa shape index (κ2) is 6.21. The molecule has 0 unspecified atom stereocenters. The van der Waals surface area contributed by atoms with Crippen molar-refractivity contribution in [3.8, 4) is 5.75 Å². The number of amides is 1. The Morgan fingerprint density at radius 2 is 1.81 bits per heavy atom. The number of nitrogens with one attached hydrogen (secondary N) is 1. The molecule has 0 atom stereocenters. The number of ether oxygens (including phenoxy) is 1. The quantitative estimate of drug-likeness (QED) is 0.851. The molecule has 0 aliphatic heterocycles. The van der Waals surface area contributed by atoms with Crippen LogP contribution in [0.4, 0.5) is 20.2 Å². The highest BCUT2D eigenvalue weighted by molar-refractivity contribution is 6.09. The molecule has 0 saturated heterocycles. The van der Waals surface area contributed by atoms with Gasteiger partial charge in [-0.3, -0.25) is 4.79 Å². The predicted octanol–water partition coefficient (Wildman–Crippen LogP) is 3.20. The minimum Gasteiger partial charge on any atom is -0.493 e. The number of benzene rings is 2. The fraction of sp³-hybridized carbons (Fsp3) is 0.133. The average Bonchev–Trinajstić information content (AvgIpc) is 2.43. The van der Waals surface area contributed by atoms with Crippen molar-refractivity contribution in [1.82, 2.24) is 0 Å². The van der Waals surface area contributed by atoms with Crippen LogP contribution < -0.4 is 15.8 Å². The highest BCUT2D eigenvalue weighted by Gasteiger charge is 2.19. The molecule has 0 aliphatic rings. The van der Waals surface area contributed by atoms with Crippen LogP contribution in [0.1, 0.15) is 17.3 Å². The zero-order chi connectivity index (χ0) is 15.4. The standard InChI is InChI=1S/C15H14F2N2O2/c1-2-21-12-8-4-7-11(18)13(12)15(20)19-14-9(16)5-3-6-10(14)17/h3-8H,2,18H2,1H3,(H,19,20). The van der Waals surface area contributed by atoms with E-state index in [9.17, 15) is 13.6 Å². The van der Waals surface area contributed by atoms with Crippen LogP contribution in [0.2, 0.25) is 0 Å². The van der Waals surface area contributed by atoms with E-state index in [0.29, 0.717) is 6.61 Å². The van der Waals surface area contributed by atoms with Gasteiger partial charge < -0.3 is 15.8 Å². The van der Waals surface area contributed by atoms with Gasteiger partial charge in [-0.05, 0) is 31.2 Å². The number of hydrogen-bond acceptors (Lipinski definition) is 3. The van der Waals surface area contributed by atoms with Gasteiger partial charge in [-0.15, -0.1) is 0 Å². The van der Waals surface area contributed by atoms with Crippen LogP contribution in [-0.2, 0) is 0 Å². The summed E-state index contributed by atoms with van der Waals surface area (Å²) in [6, 6.07) is 8.01. The van der Waals surface area contributed by atoms with E-state index in [2.05, 4.69) is 5.32 Å². The molecule has 2 aromatic carbocycles. The Bertz CT molecular complexity index is 654. The Hall–Kier alpha value is -2.63. The summed E-state index contributed by atoms with van der Waals surface area (Å²) in [5.74, 6) is -2.21. The van der Waals surface area contributed by atoms with Crippen molar-refractivity contribution in [2.24, 2.45) is 0 Å². The monoisotopic (exact) mass is 292 g/mol. The minimum absolute atomic E-state index is 0.0435. The lowest BCUT2D eigenvalue weighted by molar-refractivity contribution is 0.102. The Morgan fingerprint density at radius 3 is 2.43 bits per heavy atom. The normalized spacial score (nSPS) is 10.2. The third-order valence-electron chi connectivity index (χ3n) is 2.79. The number of nitrogen functional groups attached to an aromatic ring is 1. The average molecular weight is 292 g/mol. The molecule has 0 aliphatic carbocycles. The SMILES string of the molecule is CCOc1cccc(N)c1C(=O)Nc1c(F)cccc1F. The molecule has 4 nitrogen and oxygen atoms in total. The molecule has 6 heteroatoms. The Balaban J connectivity index is 2.37. The second-order valence-corrected chi connectivity index (χ2v) is 4.20. The molecule has 1 amide bonds. The van der Waals surface area contributed by atoms with E-state index < -0.39 is 23.2 Å². The zero-order valence-corrected chi connectivity index (χ0v) is 11.3. The first-order chi connectivity index (χ1) is 10.0. The molecule has 0 saturated carbocycles. The van der Waals surface area contributed by atoms with Gasteiger partial charge >= 0.3 is 0 Å². The maximum Gasteiger partial charge on any atom is 0.261 e. The van der Waals surface area contributed by atoms with Crippen LogP contribution in [0.5, 0.6) is 5.75 Å². The first kappa shape index (κ1) is 14.8. The lowest BCUT2D eigenvalue weighted by Gasteiger charge is -2.13. The highest BCUT2D eigenvalue weighted by Crippen LogP contribution is 2.27. The van der Waals surface area contributed by atoms with Crippen molar-refractivity contribution in [1.29, 1.82) is 0 Å². The first-order valence-corrected chi connectivity index (χ1v) is 6.31. The minimum atomic E-state index is -0.865. The van der Waals surface area contributed by atoms with Gasteiger partial charge in [0, 0.05) is 5.69 Å². The smallest absolute Gasteiger partial charge is 0.261 e. The van der Waals surface area contributed by atoms with Gasteiger partial charge in [-0.25, -0.2) is 8.78 Å². The summed E-state index contributed by atoms with van der Waals surface area (Å²) in [4.78, 5) is 12.2. The third kappa shape index (κ3) is 3.10. The van der Waals surface area contributed by atoms with E-state index in [-0.39, 0.29) is 17.0 Å². The summed E-state index contributed by atoms with van der Waals surface area (Å²) in [6.45, 7) is 2.08. The van der Waals surface area contributed by atoms with Crippen LogP contribution in [0, 0.1) is 11.6 Å². The molecule has 0 heterocycles. The molecule has 0 fully saturated rings. The summed E-state index contributed by atoms with van der Waals surface area (Å²) in [6.07, 6.45) is 0. The Kier molecular flexibility index (Phi) is 4.37. The van der Waals surface area contributed by atoms with Gasteiger partial charge in [0.05, 0.1) is 6.61 Å². The number of anilines is 2. The number of carbonyl (C=O) groups is 1.